The van der Waals surface area contributed by atoms with E-state index in [9.17, 15) is 9.18 Å². The van der Waals surface area contributed by atoms with Gasteiger partial charge in [-0.15, -0.1) is 0 Å². The fraction of sp³-hybridized carbons (Fsp3) is 0.500. The highest BCUT2D eigenvalue weighted by atomic mass is 19.1. The molecule has 0 spiro atoms. The number of nitrogens with one attached hydrogen (secondary N) is 1. The molecule has 1 amide bonds. The van der Waals surface area contributed by atoms with Crippen LogP contribution in [0.2, 0.25) is 0 Å². The number of hydrogen-bond donors (Lipinski definition) is 1. The minimum absolute atomic E-state index is 0.000337. The second-order valence-electron chi connectivity index (χ2n) is 4.69. The lowest BCUT2D eigenvalue weighted by Gasteiger charge is -2.06. The normalized spacial score (nSPS) is 10.6. The maximum Gasteiger partial charge on any atom is 0.224 e. The zero-order valence-electron chi connectivity index (χ0n) is 10.5. The van der Waals surface area contributed by atoms with Gasteiger partial charge in [0.15, 0.2) is 0 Å². The summed E-state index contributed by atoms with van der Waals surface area (Å²) in [5.74, 6) is 0.399. The van der Waals surface area contributed by atoms with E-state index in [1.807, 2.05) is 0 Å². The number of amides is 1. The maximum atomic E-state index is 12.6. The molecule has 0 radical (unpaired) electrons. The van der Waals surface area contributed by atoms with Crippen LogP contribution in [-0.4, -0.2) is 12.5 Å². The van der Waals surface area contributed by atoms with Crippen molar-refractivity contribution in [3.05, 3.63) is 35.6 Å². The molecule has 0 aliphatic carbocycles. The summed E-state index contributed by atoms with van der Waals surface area (Å²) < 4.78 is 12.6. The molecule has 0 saturated carbocycles. The molecule has 17 heavy (non-hydrogen) atoms. The summed E-state index contributed by atoms with van der Waals surface area (Å²) in [5, 5.41) is 2.87. The van der Waals surface area contributed by atoms with Crippen LogP contribution in [0, 0.1) is 11.7 Å². The number of halogens is 1. The molecule has 3 heteroatoms. The topological polar surface area (TPSA) is 29.1 Å². The molecule has 94 valence electrons. The van der Waals surface area contributed by atoms with Crippen LogP contribution in [0.5, 0.6) is 0 Å². The Labute approximate surface area is 102 Å². The summed E-state index contributed by atoms with van der Waals surface area (Å²) in [6, 6.07) is 6.04. The van der Waals surface area contributed by atoms with E-state index in [4.69, 9.17) is 0 Å². The summed E-state index contributed by atoms with van der Waals surface area (Å²) in [4.78, 5) is 11.5. The molecule has 0 unspecified atom stereocenters. The van der Waals surface area contributed by atoms with Crippen LogP contribution in [0.4, 0.5) is 4.39 Å². The zero-order valence-corrected chi connectivity index (χ0v) is 10.5. The SMILES string of the molecule is CC(C)CCCNC(=O)Cc1ccc(F)cc1. The maximum absolute atomic E-state index is 12.6. The van der Waals surface area contributed by atoms with Crippen LogP contribution in [0.25, 0.3) is 0 Å². The lowest BCUT2D eigenvalue weighted by atomic mass is 10.1. The van der Waals surface area contributed by atoms with Gasteiger partial charge >= 0.3 is 0 Å². The Hall–Kier alpha value is -1.38. The molecule has 0 aromatic heterocycles. The van der Waals surface area contributed by atoms with Crippen molar-refractivity contribution >= 4 is 5.91 Å². The molecule has 0 fully saturated rings. The molecule has 1 aromatic rings. The first-order valence-corrected chi connectivity index (χ1v) is 6.09. The van der Waals surface area contributed by atoms with Crippen molar-refractivity contribution in [3.63, 3.8) is 0 Å². The quantitative estimate of drug-likeness (QED) is 0.757. The van der Waals surface area contributed by atoms with Gasteiger partial charge in [0.05, 0.1) is 6.42 Å². The molecule has 2 nitrogen and oxygen atoms in total. The number of carbonyl (C=O) groups is 1. The summed E-state index contributed by atoms with van der Waals surface area (Å²) in [6.45, 7) is 5.05. The van der Waals surface area contributed by atoms with Crippen LogP contribution >= 0.6 is 0 Å². The molecule has 1 N–H and O–H groups in total. The van der Waals surface area contributed by atoms with Crippen LogP contribution in [0.15, 0.2) is 24.3 Å². The van der Waals surface area contributed by atoms with Gasteiger partial charge in [-0.25, -0.2) is 4.39 Å². The molecule has 0 saturated heterocycles. The molecule has 0 aliphatic heterocycles. The third-order valence-electron chi connectivity index (χ3n) is 2.56. The van der Waals surface area contributed by atoms with Gasteiger partial charge < -0.3 is 5.32 Å². The van der Waals surface area contributed by atoms with Gasteiger partial charge in [0.1, 0.15) is 5.82 Å². The monoisotopic (exact) mass is 237 g/mol. The Morgan fingerprint density at radius 1 is 1.29 bits per heavy atom. The third kappa shape index (κ3) is 6.05. The molecule has 0 atom stereocenters. The Kier molecular flexibility index (Phi) is 5.67. The van der Waals surface area contributed by atoms with Crippen molar-refractivity contribution < 1.29 is 9.18 Å². The van der Waals surface area contributed by atoms with E-state index in [2.05, 4.69) is 19.2 Å². The first-order chi connectivity index (χ1) is 8.08. The fourth-order valence-corrected chi connectivity index (χ4v) is 1.59. The van der Waals surface area contributed by atoms with Gasteiger partial charge in [-0.2, -0.15) is 0 Å². The Morgan fingerprint density at radius 3 is 2.53 bits per heavy atom. The fourth-order valence-electron chi connectivity index (χ4n) is 1.59. The molecular weight excluding hydrogens is 217 g/mol. The first-order valence-electron chi connectivity index (χ1n) is 6.09. The highest BCUT2D eigenvalue weighted by Crippen LogP contribution is 2.04. The Balaban J connectivity index is 2.23. The second-order valence-corrected chi connectivity index (χ2v) is 4.69. The van der Waals surface area contributed by atoms with Crippen molar-refractivity contribution in [1.82, 2.24) is 5.32 Å². The molecule has 1 rings (SSSR count). The molecule has 0 bridgehead atoms. The van der Waals surface area contributed by atoms with Crippen molar-refractivity contribution in [3.8, 4) is 0 Å². The number of rotatable bonds is 6. The lowest BCUT2D eigenvalue weighted by Crippen LogP contribution is -2.26. The zero-order chi connectivity index (χ0) is 12.7. The standard InChI is InChI=1S/C14H20FNO/c1-11(2)4-3-9-16-14(17)10-12-5-7-13(15)8-6-12/h5-8,11H,3-4,9-10H2,1-2H3,(H,16,17). The largest absolute Gasteiger partial charge is 0.356 e. The minimum atomic E-state index is -0.272. The van der Waals surface area contributed by atoms with Gasteiger partial charge in [-0.05, 0) is 36.5 Å². The van der Waals surface area contributed by atoms with Crippen molar-refractivity contribution in [2.45, 2.75) is 33.1 Å². The Morgan fingerprint density at radius 2 is 1.94 bits per heavy atom. The molecule has 1 aromatic carbocycles. The smallest absolute Gasteiger partial charge is 0.224 e. The van der Waals surface area contributed by atoms with E-state index in [1.165, 1.54) is 12.1 Å². The molecule has 0 heterocycles. The van der Waals surface area contributed by atoms with E-state index >= 15 is 0 Å². The lowest BCUT2D eigenvalue weighted by molar-refractivity contribution is -0.120. The van der Waals surface area contributed by atoms with Crippen molar-refractivity contribution in [2.24, 2.45) is 5.92 Å². The van der Waals surface area contributed by atoms with Crippen molar-refractivity contribution in [1.29, 1.82) is 0 Å². The van der Waals surface area contributed by atoms with Gasteiger partial charge in [0.2, 0.25) is 5.91 Å². The van der Waals surface area contributed by atoms with Gasteiger partial charge in [0.25, 0.3) is 0 Å². The summed E-state index contributed by atoms with van der Waals surface area (Å²) in [6.07, 6.45) is 2.45. The highest BCUT2D eigenvalue weighted by Gasteiger charge is 2.03. The predicted molar refractivity (Wildman–Crippen MR) is 67.2 cm³/mol. The molecule has 0 aliphatic rings. The Bertz CT molecular complexity index is 346. The van der Waals surface area contributed by atoms with E-state index < -0.39 is 0 Å². The van der Waals surface area contributed by atoms with Gasteiger partial charge in [-0.1, -0.05) is 26.0 Å². The van der Waals surface area contributed by atoms with Gasteiger partial charge in [-0.3, -0.25) is 4.79 Å². The number of benzene rings is 1. The summed E-state index contributed by atoms with van der Waals surface area (Å²) in [7, 11) is 0. The second kappa shape index (κ2) is 7.05. The number of carbonyl (C=O) groups excluding carboxylic acids is 1. The molecular formula is C14H20FNO. The van der Waals surface area contributed by atoms with Crippen LogP contribution in [-0.2, 0) is 11.2 Å². The van der Waals surface area contributed by atoms with Gasteiger partial charge in [0, 0.05) is 6.54 Å². The first kappa shape index (κ1) is 13.7. The summed E-state index contributed by atoms with van der Waals surface area (Å²) >= 11 is 0. The van der Waals surface area contributed by atoms with Crippen LogP contribution in [0.1, 0.15) is 32.3 Å². The average molecular weight is 237 g/mol. The predicted octanol–water partition coefficient (Wildman–Crippen LogP) is 2.92. The van der Waals surface area contributed by atoms with E-state index in [1.54, 1.807) is 12.1 Å². The van der Waals surface area contributed by atoms with E-state index in [0.29, 0.717) is 12.3 Å². The average Bonchev–Trinajstić information content (AvgIpc) is 2.27. The highest BCUT2D eigenvalue weighted by molar-refractivity contribution is 5.78. The van der Waals surface area contributed by atoms with Crippen LogP contribution in [0.3, 0.4) is 0 Å². The third-order valence-corrected chi connectivity index (χ3v) is 2.56. The number of hydrogen-bond acceptors (Lipinski definition) is 1. The summed E-state index contributed by atoms with van der Waals surface area (Å²) in [5.41, 5.74) is 0.841. The minimum Gasteiger partial charge on any atom is -0.356 e. The van der Waals surface area contributed by atoms with Crippen LogP contribution < -0.4 is 5.32 Å². The van der Waals surface area contributed by atoms with E-state index in [0.717, 1.165) is 24.9 Å². The van der Waals surface area contributed by atoms with E-state index in [-0.39, 0.29) is 11.7 Å². The van der Waals surface area contributed by atoms with Crippen molar-refractivity contribution in [2.75, 3.05) is 6.54 Å².